The fraction of sp³-hybridized carbons (Fsp3) is 0. The van der Waals surface area contributed by atoms with Gasteiger partial charge in [-0.25, -0.2) is 0 Å². The molecule has 0 aliphatic rings. The quantitative estimate of drug-likeness (QED) is 0.447. The van der Waals surface area contributed by atoms with Crippen LogP contribution < -0.4 is 0 Å². The second-order valence-electron chi connectivity index (χ2n) is 0. The zero-order chi connectivity index (χ0) is 0. The van der Waals surface area contributed by atoms with E-state index < -0.39 is 0 Å². The van der Waals surface area contributed by atoms with Gasteiger partial charge in [0.2, 0.25) is 0 Å². The van der Waals surface area contributed by atoms with E-state index in [0.717, 1.165) is 0 Å². The molecule has 0 bridgehead atoms. The van der Waals surface area contributed by atoms with Gasteiger partial charge in [-0.3, -0.25) is 0 Å². The molecule has 28 valence electrons. The van der Waals surface area contributed by atoms with E-state index in [-0.39, 0.29) is 63.4 Å². The minimum atomic E-state index is 0. The monoisotopic (exact) mass is 198 g/mol. The fourth-order valence-electron chi connectivity index (χ4n) is 0. The van der Waals surface area contributed by atoms with Crippen molar-refractivity contribution in [2.45, 2.75) is 0 Å². The van der Waals surface area contributed by atoms with Gasteiger partial charge in [-0.15, -0.1) is 0 Å². The Bertz CT molecular complexity index is 8.75. The van der Waals surface area contributed by atoms with Gasteiger partial charge in [-0.1, -0.05) is 0 Å². The van der Waals surface area contributed by atoms with Gasteiger partial charge in [0, 0.05) is 7.43 Å². The maximum absolute atomic E-state index is 0. The van der Waals surface area contributed by atoms with Gasteiger partial charge in [0.05, 0.1) is 0 Å². The van der Waals surface area contributed by atoms with Crippen molar-refractivity contribution in [2.24, 2.45) is 0 Å². The topological polar surface area (TPSA) is 85.5 Å². The van der Waals surface area contributed by atoms with Crippen molar-refractivity contribution in [1.82, 2.24) is 0 Å². The molecule has 0 spiro atoms. The molecule has 0 aromatic heterocycles. The van der Waals surface area contributed by atoms with Gasteiger partial charge in [-0.05, 0) is 0 Å². The van der Waals surface area contributed by atoms with Crippen LogP contribution in [0.15, 0.2) is 0 Å². The molecule has 0 heterocycles. The van der Waals surface area contributed by atoms with Crippen molar-refractivity contribution in [2.75, 3.05) is 0 Å². The SMILES string of the molecule is [C].[Ga+3].[Ga+3].[O-2].[O-2].[O-2]. The minimum Gasteiger partial charge on any atom is -2.00 e. The fourth-order valence-corrected chi connectivity index (χ4v) is 0. The summed E-state index contributed by atoms with van der Waals surface area (Å²) in [7, 11) is 0. The van der Waals surface area contributed by atoms with Crippen LogP contribution in [0.5, 0.6) is 0 Å². The Kier molecular flexibility index (Phi) is 4180. The second kappa shape index (κ2) is 123. The Morgan fingerprint density at radius 2 is 0.500 bits per heavy atom. The molecule has 0 rings (SSSR count). The molecule has 0 saturated heterocycles. The molecule has 0 saturated carbocycles. The summed E-state index contributed by atoms with van der Waals surface area (Å²) in [5.41, 5.74) is 0. The number of hydrogen-bond donors (Lipinski definition) is 0. The van der Waals surface area contributed by atoms with Crippen LogP contribution >= 0.6 is 0 Å². The number of rotatable bonds is 0. The molecule has 0 unspecified atom stereocenters. The molecule has 0 fully saturated rings. The van der Waals surface area contributed by atoms with E-state index >= 15 is 0 Å². The van der Waals surface area contributed by atoms with E-state index in [1.54, 1.807) is 0 Å². The van der Waals surface area contributed by atoms with Gasteiger partial charge in [0.25, 0.3) is 0 Å². The first-order valence-electron chi connectivity index (χ1n) is 0. The van der Waals surface area contributed by atoms with E-state index in [1.165, 1.54) is 0 Å². The Labute approximate surface area is 63.5 Å². The Balaban J connectivity index is 0. The van der Waals surface area contributed by atoms with Crippen molar-refractivity contribution < 1.29 is 16.4 Å². The van der Waals surface area contributed by atoms with Gasteiger partial charge in [0.1, 0.15) is 0 Å². The maximum Gasteiger partial charge on any atom is 3.00 e. The molecule has 4 radical (unpaired) electrons. The van der Waals surface area contributed by atoms with Gasteiger partial charge >= 0.3 is 39.6 Å². The smallest absolute Gasteiger partial charge is 2.00 e. The first-order valence-corrected chi connectivity index (χ1v) is 0. The van der Waals surface area contributed by atoms with E-state index in [4.69, 9.17) is 0 Å². The Morgan fingerprint density at radius 1 is 0.500 bits per heavy atom. The average Bonchev–Trinajstić information content (AvgIpc) is 0. The largest absolute Gasteiger partial charge is 3.00 e. The average molecular weight is 199 g/mol. The zero-order valence-corrected chi connectivity index (χ0v) is 7.72. The molecular weight excluding hydrogens is 199 g/mol. The van der Waals surface area contributed by atoms with Gasteiger partial charge in [-0.2, -0.15) is 0 Å². The molecule has 5 heteroatoms. The maximum atomic E-state index is 0. The van der Waals surface area contributed by atoms with Crippen molar-refractivity contribution in [3.8, 4) is 0 Å². The third kappa shape index (κ3) is 66.9. The van der Waals surface area contributed by atoms with Gasteiger partial charge < -0.3 is 16.4 Å². The Hall–Kier alpha value is 1.15. The third-order valence-corrected chi connectivity index (χ3v) is 0. The van der Waals surface area contributed by atoms with Crippen LogP contribution in [0.1, 0.15) is 0 Å². The van der Waals surface area contributed by atoms with Crippen LogP contribution in [0.25, 0.3) is 0 Å². The van der Waals surface area contributed by atoms with Crippen LogP contribution in [0, 0.1) is 7.43 Å². The summed E-state index contributed by atoms with van der Waals surface area (Å²) in [6.45, 7) is 0. The number of hydrogen-bond acceptors (Lipinski definition) is 0. The normalized spacial score (nSPS) is 0. The first kappa shape index (κ1) is 204. The predicted octanol–water partition coefficient (Wildman–Crippen LogP) is -1.04. The van der Waals surface area contributed by atoms with Crippen LogP contribution in [0.4, 0.5) is 0 Å². The third-order valence-electron chi connectivity index (χ3n) is 0. The standard InChI is InChI=1S/C.2Ga.3O/q;2*+3;3*-2. The molecule has 0 aliphatic carbocycles. The summed E-state index contributed by atoms with van der Waals surface area (Å²) in [4.78, 5) is 0. The zero-order valence-electron chi connectivity index (χ0n) is 2.88. The van der Waals surface area contributed by atoms with Crippen molar-refractivity contribution >= 4 is 39.6 Å². The molecule has 0 N–H and O–H groups in total. The van der Waals surface area contributed by atoms with Gasteiger partial charge in [0.15, 0.2) is 0 Å². The Morgan fingerprint density at radius 3 is 0.500 bits per heavy atom. The molecule has 0 amide bonds. The molecule has 3 nitrogen and oxygen atoms in total. The molecule has 0 aromatic rings. The van der Waals surface area contributed by atoms with E-state index in [2.05, 4.69) is 0 Å². The molecule has 0 atom stereocenters. The van der Waals surface area contributed by atoms with E-state index in [9.17, 15) is 0 Å². The molecular formula is CGa2O3. The van der Waals surface area contributed by atoms with E-state index in [1.807, 2.05) is 0 Å². The van der Waals surface area contributed by atoms with E-state index in [0.29, 0.717) is 0 Å². The molecule has 0 aromatic carbocycles. The van der Waals surface area contributed by atoms with Crippen LogP contribution in [0.2, 0.25) is 0 Å². The van der Waals surface area contributed by atoms with Crippen molar-refractivity contribution in [1.29, 1.82) is 0 Å². The van der Waals surface area contributed by atoms with Crippen molar-refractivity contribution in [3.63, 3.8) is 0 Å². The van der Waals surface area contributed by atoms with Crippen LogP contribution in [0.3, 0.4) is 0 Å². The summed E-state index contributed by atoms with van der Waals surface area (Å²) in [5, 5.41) is 0. The van der Waals surface area contributed by atoms with Crippen LogP contribution in [-0.2, 0) is 16.4 Å². The minimum absolute atomic E-state index is 0. The summed E-state index contributed by atoms with van der Waals surface area (Å²) < 4.78 is 0. The van der Waals surface area contributed by atoms with Crippen LogP contribution in [-0.4, -0.2) is 39.6 Å². The summed E-state index contributed by atoms with van der Waals surface area (Å²) in [6.07, 6.45) is 0. The van der Waals surface area contributed by atoms with Crippen molar-refractivity contribution in [3.05, 3.63) is 7.43 Å². The second-order valence-corrected chi connectivity index (χ2v) is 0. The molecule has 0 aliphatic heterocycles. The molecule has 6 heavy (non-hydrogen) atoms. The first-order chi connectivity index (χ1) is 0. The summed E-state index contributed by atoms with van der Waals surface area (Å²) in [5.74, 6) is 0. The summed E-state index contributed by atoms with van der Waals surface area (Å²) >= 11 is 0. The predicted molar refractivity (Wildman–Crippen MR) is 16.8 cm³/mol. The summed E-state index contributed by atoms with van der Waals surface area (Å²) in [6, 6.07) is 0.